The Morgan fingerprint density at radius 1 is 1.67 bits per heavy atom. The zero-order valence-electron chi connectivity index (χ0n) is 8.43. The van der Waals surface area contributed by atoms with Gasteiger partial charge in [-0.25, -0.2) is 0 Å². The van der Waals surface area contributed by atoms with E-state index in [4.69, 9.17) is 17.3 Å². The highest BCUT2D eigenvalue weighted by Gasteiger charge is 2.34. The van der Waals surface area contributed by atoms with Gasteiger partial charge in [0.25, 0.3) is 0 Å². The maximum atomic E-state index is 11.7. The number of carbonyl (C=O) groups excluding carboxylic acids is 1. The minimum Gasteiger partial charge on any atom is -0.481 e. The molecule has 0 aromatic rings. The fraction of sp³-hybridized carbons (Fsp3) is 0.667. The van der Waals surface area contributed by atoms with Gasteiger partial charge in [-0.05, 0) is 12.8 Å². The fourth-order valence-corrected chi connectivity index (χ4v) is 2.82. The summed E-state index contributed by atoms with van der Waals surface area (Å²) < 4.78 is 0.581. The van der Waals surface area contributed by atoms with E-state index in [1.165, 1.54) is 16.7 Å². The molecule has 0 aromatic heterocycles. The first kappa shape index (κ1) is 12.4. The first-order chi connectivity index (χ1) is 7.06. The molecule has 1 atom stereocenters. The summed E-state index contributed by atoms with van der Waals surface area (Å²) in [6.07, 6.45) is 1.30. The van der Waals surface area contributed by atoms with Crippen molar-refractivity contribution in [2.75, 3.05) is 6.54 Å². The summed E-state index contributed by atoms with van der Waals surface area (Å²) in [7, 11) is 0. The van der Waals surface area contributed by atoms with Crippen molar-refractivity contribution in [1.29, 1.82) is 0 Å². The van der Waals surface area contributed by atoms with Gasteiger partial charge in [0.1, 0.15) is 4.32 Å². The maximum Gasteiger partial charge on any atom is 0.303 e. The largest absolute Gasteiger partial charge is 0.481 e. The number of aliphatic carboxylic acids is 1. The first-order valence-electron chi connectivity index (χ1n) is 4.80. The Hall–Kier alpha value is -0.620. The van der Waals surface area contributed by atoms with Gasteiger partial charge in [0.05, 0.1) is 5.25 Å². The van der Waals surface area contributed by atoms with Gasteiger partial charge in [-0.1, -0.05) is 30.9 Å². The summed E-state index contributed by atoms with van der Waals surface area (Å²) in [5, 5.41) is 8.41. The van der Waals surface area contributed by atoms with Crippen LogP contribution < -0.4 is 0 Å². The van der Waals surface area contributed by atoms with Gasteiger partial charge in [-0.15, -0.1) is 0 Å². The third-order valence-corrected chi connectivity index (χ3v) is 3.90. The number of amides is 1. The van der Waals surface area contributed by atoms with Gasteiger partial charge in [-0.2, -0.15) is 0 Å². The van der Waals surface area contributed by atoms with Gasteiger partial charge in [0.2, 0.25) is 5.91 Å². The number of carboxylic acids is 1. The lowest BCUT2D eigenvalue weighted by molar-refractivity contribution is -0.137. The van der Waals surface area contributed by atoms with Crippen LogP contribution in [0.4, 0.5) is 0 Å². The highest BCUT2D eigenvalue weighted by Crippen LogP contribution is 2.29. The molecule has 1 aliphatic heterocycles. The van der Waals surface area contributed by atoms with E-state index in [0.29, 0.717) is 17.3 Å². The number of thioether (sulfide) groups is 1. The van der Waals surface area contributed by atoms with Gasteiger partial charge < -0.3 is 5.11 Å². The van der Waals surface area contributed by atoms with Crippen LogP contribution in [-0.4, -0.2) is 38.0 Å². The molecule has 15 heavy (non-hydrogen) atoms. The summed E-state index contributed by atoms with van der Waals surface area (Å²) in [5.41, 5.74) is 0. The van der Waals surface area contributed by atoms with Crippen molar-refractivity contribution >= 4 is 40.2 Å². The Kier molecular flexibility index (Phi) is 4.53. The molecule has 0 radical (unpaired) electrons. The van der Waals surface area contributed by atoms with Crippen molar-refractivity contribution in [3.8, 4) is 0 Å². The molecular formula is C9H13NO3S2. The highest BCUT2D eigenvalue weighted by atomic mass is 32.2. The number of carbonyl (C=O) groups is 2. The molecular weight excluding hydrogens is 234 g/mol. The molecule has 84 valence electrons. The predicted molar refractivity (Wildman–Crippen MR) is 62.9 cm³/mol. The van der Waals surface area contributed by atoms with E-state index in [1.54, 1.807) is 0 Å². The molecule has 1 fully saturated rings. The SMILES string of the molecule is CC[C@@H]1SC(=S)N(CCCC(=O)O)C1=O. The van der Waals surface area contributed by atoms with Gasteiger partial charge in [0.15, 0.2) is 0 Å². The molecule has 4 nitrogen and oxygen atoms in total. The Morgan fingerprint density at radius 3 is 2.80 bits per heavy atom. The van der Waals surface area contributed by atoms with Crippen LogP contribution in [0.1, 0.15) is 26.2 Å². The van der Waals surface area contributed by atoms with Gasteiger partial charge in [-0.3, -0.25) is 14.5 Å². The standard InChI is InChI=1S/C9H13NO3S2/c1-2-6-8(13)10(9(14)15-6)5-3-4-7(11)12/h6H,2-5H2,1H3,(H,11,12)/t6-/m0/s1. The molecule has 0 spiro atoms. The minimum absolute atomic E-state index is 0.0258. The second-order valence-corrected chi connectivity index (χ2v) is 5.10. The zero-order chi connectivity index (χ0) is 11.4. The van der Waals surface area contributed by atoms with Gasteiger partial charge >= 0.3 is 5.97 Å². The zero-order valence-corrected chi connectivity index (χ0v) is 10.1. The summed E-state index contributed by atoms with van der Waals surface area (Å²) in [6.45, 7) is 2.37. The van der Waals surface area contributed by atoms with Crippen molar-refractivity contribution in [2.45, 2.75) is 31.4 Å². The number of nitrogens with zero attached hydrogens (tertiary/aromatic N) is 1. The van der Waals surface area contributed by atoms with E-state index in [9.17, 15) is 9.59 Å². The fourth-order valence-electron chi connectivity index (χ4n) is 1.35. The Morgan fingerprint density at radius 2 is 2.33 bits per heavy atom. The lowest BCUT2D eigenvalue weighted by atomic mass is 10.2. The van der Waals surface area contributed by atoms with E-state index in [-0.39, 0.29) is 17.6 Å². The van der Waals surface area contributed by atoms with Crippen molar-refractivity contribution in [1.82, 2.24) is 4.90 Å². The molecule has 1 N–H and O–H groups in total. The summed E-state index contributed by atoms with van der Waals surface area (Å²) in [5.74, 6) is -0.815. The van der Waals surface area contributed by atoms with E-state index in [2.05, 4.69) is 0 Å². The highest BCUT2D eigenvalue weighted by molar-refractivity contribution is 8.24. The van der Waals surface area contributed by atoms with Crippen molar-refractivity contribution < 1.29 is 14.7 Å². The molecule has 0 bridgehead atoms. The predicted octanol–water partition coefficient (Wildman–Crippen LogP) is 1.49. The van der Waals surface area contributed by atoms with Crippen LogP contribution in [0.3, 0.4) is 0 Å². The van der Waals surface area contributed by atoms with E-state index in [0.717, 1.165) is 6.42 Å². The molecule has 0 unspecified atom stereocenters. The normalized spacial score (nSPS) is 21.1. The lowest BCUT2D eigenvalue weighted by Crippen LogP contribution is -2.32. The third kappa shape index (κ3) is 3.17. The molecule has 6 heteroatoms. The summed E-state index contributed by atoms with van der Waals surface area (Å²) in [6, 6.07) is 0. The van der Waals surface area contributed by atoms with E-state index >= 15 is 0 Å². The van der Waals surface area contributed by atoms with Crippen LogP contribution in [-0.2, 0) is 9.59 Å². The van der Waals surface area contributed by atoms with Crippen molar-refractivity contribution in [3.63, 3.8) is 0 Å². The molecule has 1 aliphatic rings. The number of thiocarbonyl (C=S) groups is 1. The molecule has 1 rings (SSSR count). The second-order valence-electron chi connectivity index (χ2n) is 3.27. The van der Waals surface area contributed by atoms with E-state index < -0.39 is 5.97 Å². The smallest absolute Gasteiger partial charge is 0.303 e. The Bertz CT molecular complexity index is 293. The average Bonchev–Trinajstić information content (AvgIpc) is 2.44. The first-order valence-corrected chi connectivity index (χ1v) is 6.08. The molecule has 1 heterocycles. The quantitative estimate of drug-likeness (QED) is 0.746. The van der Waals surface area contributed by atoms with Crippen LogP contribution >= 0.6 is 24.0 Å². The van der Waals surface area contributed by atoms with Crippen LogP contribution in [0.15, 0.2) is 0 Å². The number of rotatable bonds is 5. The van der Waals surface area contributed by atoms with Crippen LogP contribution in [0, 0.1) is 0 Å². The van der Waals surface area contributed by atoms with Crippen molar-refractivity contribution in [2.24, 2.45) is 0 Å². The molecule has 0 aromatic carbocycles. The van der Waals surface area contributed by atoms with Crippen molar-refractivity contribution in [3.05, 3.63) is 0 Å². The molecule has 1 amide bonds. The second kappa shape index (κ2) is 5.46. The van der Waals surface area contributed by atoms with Crippen LogP contribution in [0.5, 0.6) is 0 Å². The third-order valence-electron chi connectivity index (χ3n) is 2.15. The molecule has 0 aliphatic carbocycles. The number of hydrogen-bond acceptors (Lipinski definition) is 4. The number of hydrogen-bond donors (Lipinski definition) is 1. The summed E-state index contributed by atoms with van der Waals surface area (Å²) >= 11 is 6.46. The number of carboxylic acid groups (broad SMARTS) is 1. The lowest BCUT2D eigenvalue weighted by Gasteiger charge is -2.14. The maximum absolute atomic E-state index is 11.7. The Labute approximate surface area is 98.0 Å². The van der Waals surface area contributed by atoms with Crippen LogP contribution in [0.2, 0.25) is 0 Å². The van der Waals surface area contributed by atoms with Crippen LogP contribution in [0.25, 0.3) is 0 Å². The topological polar surface area (TPSA) is 57.6 Å². The monoisotopic (exact) mass is 247 g/mol. The van der Waals surface area contributed by atoms with E-state index in [1.807, 2.05) is 6.92 Å². The van der Waals surface area contributed by atoms with Gasteiger partial charge in [0, 0.05) is 13.0 Å². The molecule has 1 saturated heterocycles. The Balaban J connectivity index is 2.44. The minimum atomic E-state index is -0.841. The average molecular weight is 247 g/mol. The molecule has 0 saturated carbocycles. The summed E-state index contributed by atoms with van der Waals surface area (Å²) in [4.78, 5) is 23.5.